The first-order valence-electron chi connectivity index (χ1n) is 11.1. The quantitative estimate of drug-likeness (QED) is 0.192. The van der Waals surface area contributed by atoms with Crippen molar-refractivity contribution in [3.05, 3.63) is 130 Å². The molecular formula is C29H30S. The van der Waals surface area contributed by atoms with Gasteiger partial charge in [-0.15, -0.1) is 11.3 Å². The Labute approximate surface area is 185 Å². The van der Waals surface area contributed by atoms with E-state index in [0.717, 1.165) is 6.42 Å². The van der Waals surface area contributed by atoms with E-state index in [1.807, 2.05) is 11.3 Å². The number of hydrogen-bond donors (Lipinski definition) is 0. The van der Waals surface area contributed by atoms with Crippen molar-refractivity contribution in [2.24, 2.45) is 0 Å². The molecule has 1 heterocycles. The highest BCUT2D eigenvalue weighted by Gasteiger charge is 2.40. The zero-order valence-electron chi connectivity index (χ0n) is 17.8. The average molecular weight is 411 g/mol. The Morgan fingerprint density at radius 2 is 1.27 bits per heavy atom. The highest BCUT2D eigenvalue weighted by molar-refractivity contribution is 7.10. The molecule has 30 heavy (non-hydrogen) atoms. The Hall–Kier alpha value is -2.64. The number of rotatable bonds is 9. The van der Waals surface area contributed by atoms with Gasteiger partial charge >= 0.3 is 0 Å². The fraction of sp³-hybridized carbons (Fsp3) is 0.241. The molecule has 1 aromatic heterocycles. The molecular weight excluding hydrogens is 380 g/mol. The van der Waals surface area contributed by atoms with Crippen LogP contribution in [0, 0.1) is 0 Å². The summed E-state index contributed by atoms with van der Waals surface area (Å²) >= 11 is 1.86. The maximum atomic E-state index is 2.36. The van der Waals surface area contributed by atoms with Gasteiger partial charge in [0.2, 0.25) is 0 Å². The first-order chi connectivity index (χ1) is 14.9. The maximum absolute atomic E-state index is 2.36. The molecule has 4 aromatic rings. The van der Waals surface area contributed by atoms with Gasteiger partial charge in [0.05, 0.1) is 5.41 Å². The van der Waals surface area contributed by atoms with Gasteiger partial charge in [0.15, 0.2) is 0 Å². The van der Waals surface area contributed by atoms with Crippen LogP contribution in [0.15, 0.2) is 102 Å². The zero-order valence-corrected chi connectivity index (χ0v) is 18.6. The van der Waals surface area contributed by atoms with E-state index >= 15 is 0 Å². The van der Waals surface area contributed by atoms with Gasteiger partial charge < -0.3 is 0 Å². The Morgan fingerprint density at radius 1 is 0.633 bits per heavy atom. The number of unbranched alkanes of at least 4 members (excludes halogenated alkanes) is 3. The summed E-state index contributed by atoms with van der Waals surface area (Å²) in [4.78, 5) is 1.38. The smallest absolute Gasteiger partial charge is 0.0797 e. The van der Waals surface area contributed by atoms with Crippen LogP contribution in [0.3, 0.4) is 0 Å². The van der Waals surface area contributed by atoms with Gasteiger partial charge in [-0.25, -0.2) is 0 Å². The predicted octanol–water partition coefficient (Wildman–Crippen LogP) is 8.25. The predicted molar refractivity (Wildman–Crippen MR) is 130 cm³/mol. The van der Waals surface area contributed by atoms with E-state index in [1.165, 1.54) is 52.8 Å². The number of benzene rings is 3. The van der Waals surface area contributed by atoms with Crippen molar-refractivity contribution in [2.75, 3.05) is 0 Å². The molecule has 0 aliphatic rings. The molecule has 0 fully saturated rings. The third-order valence-electron chi connectivity index (χ3n) is 6.03. The van der Waals surface area contributed by atoms with Crippen LogP contribution in [0.25, 0.3) is 0 Å². The van der Waals surface area contributed by atoms with Crippen LogP contribution in [0.2, 0.25) is 0 Å². The summed E-state index contributed by atoms with van der Waals surface area (Å²) in [6.07, 6.45) is 6.26. The third-order valence-corrected chi connectivity index (χ3v) is 7.01. The maximum Gasteiger partial charge on any atom is 0.0797 e. The van der Waals surface area contributed by atoms with E-state index in [-0.39, 0.29) is 5.41 Å². The lowest BCUT2D eigenvalue weighted by Gasteiger charge is -2.37. The molecule has 3 aromatic carbocycles. The molecule has 0 aliphatic carbocycles. The Balaban J connectivity index is 1.96. The fourth-order valence-corrected chi connectivity index (χ4v) is 5.59. The highest BCUT2D eigenvalue weighted by Crippen LogP contribution is 2.48. The van der Waals surface area contributed by atoms with Crippen LogP contribution in [0.4, 0.5) is 0 Å². The van der Waals surface area contributed by atoms with Crippen molar-refractivity contribution in [1.82, 2.24) is 0 Å². The molecule has 0 spiro atoms. The monoisotopic (exact) mass is 410 g/mol. The Morgan fingerprint density at radius 3 is 1.87 bits per heavy atom. The van der Waals surface area contributed by atoms with Crippen molar-refractivity contribution >= 4 is 11.3 Å². The number of hydrogen-bond acceptors (Lipinski definition) is 1. The van der Waals surface area contributed by atoms with E-state index in [4.69, 9.17) is 0 Å². The van der Waals surface area contributed by atoms with Crippen molar-refractivity contribution in [3.63, 3.8) is 0 Å². The standard InChI is InChI=1S/C29H30S/c1-2-3-4-7-15-24-16-12-13-21-27(24)29(28-22-14-23-30-28,25-17-8-5-9-18-25)26-19-10-6-11-20-26/h5-6,8-14,16-23H,2-4,7,15H2,1H3. The van der Waals surface area contributed by atoms with Crippen LogP contribution < -0.4 is 0 Å². The van der Waals surface area contributed by atoms with Gasteiger partial charge in [-0.05, 0) is 46.5 Å². The second-order valence-electron chi connectivity index (χ2n) is 7.93. The van der Waals surface area contributed by atoms with Gasteiger partial charge in [-0.2, -0.15) is 0 Å². The fourth-order valence-electron chi connectivity index (χ4n) is 4.61. The summed E-state index contributed by atoms with van der Waals surface area (Å²) in [6.45, 7) is 2.28. The molecule has 0 unspecified atom stereocenters. The topological polar surface area (TPSA) is 0 Å². The second-order valence-corrected chi connectivity index (χ2v) is 8.87. The second kappa shape index (κ2) is 9.91. The summed E-state index contributed by atoms with van der Waals surface area (Å²) in [5.41, 5.74) is 5.26. The Bertz CT molecular complexity index is 977. The largest absolute Gasteiger partial charge is 0.147 e. The minimum atomic E-state index is -0.294. The number of aryl methyl sites for hydroxylation is 1. The highest BCUT2D eigenvalue weighted by atomic mass is 32.1. The van der Waals surface area contributed by atoms with Crippen molar-refractivity contribution in [2.45, 2.75) is 44.4 Å². The summed E-state index contributed by atoms with van der Waals surface area (Å²) in [5.74, 6) is 0. The van der Waals surface area contributed by atoms with Crippen LogP contribution in [-0.2, 0) is 11.8 Å². The molecule has 0 radical (unpaired) electrons. The minimum absolute atomic E-state index is 0.294. The number of thiophene rings is 1. The molecule has 0 atom stereocenters. The molecule has 0 aliphatic heterocycles. The van der Waals surface area contributed by atoms with E-state index in [9.17, 15) is 0 Å². The van der Waals surface area contributed by atoms with Crippen LogP contribution in [-0.4, -0.2) is 0 Å². The zero-order chi connectivity index (χ0) is 20.7. The van der Waals surface area contributed by atoms with Gasteiger partial charge in [0.25, 0.3) is 0 Å². The molecule has 152 valence electrons. The molecule has 0 saturated carbocycles. The SMILES string of the molecule is CCCCCCc1ccccc1C(c1ccccc1)(c1ccccc1)c1cccs1. The van der Waals surface area contributed by atoms with Gasteiger partial charge in [0, 0.05) is 4.88 Å². The lowest BCUT2D eigenvalue weighted by Crippen LogP contribution is -2.31. The van der Waals surface area contributed by atoms with E-state index in [2.05, 4.69) is 109 Å². The first kappa shape index (κ1) is 20.6. The molecule has 0 nitrogen and oxygen atoms in total. The molecule has 1 heteroatoms. The van der Waals surface area contributed by atoms with E-state index in [0.29, 0.717) is 0 Å². The molecule has 0 amide bonds. The van der Waals surface area contributed by atoms with Crippen LogP contribution >= 0.6 is 11.3 Å². The van der Waals surface area contributed by atoms with E-state index < -0.39 is 0 Å². The van der Waals surface area contributed by atoms with Crippen LogP contribution in [0.5, 0.6) is 0 Å². The molecule has 4 rings (SSSR count). The summed E-state index contributed by atoms with van der Waals surface area (Å²) < 4.78 is 0. The first-order valence-corrected chi connectivity index (χ1v) is 12.0. The third kappa shape index (κ3) is 4.00. The van der Waals surface area contributed by atoms with Crippen molar-refractivity contribution < 1.29 is 0 Å². The molecule has 0 N–H and O–H groups in total. The summed E-state index contributed by atoms with van der Waals surface area (Å²) in [6, 6.07) is 35.7. The van der Waals surface area contributed by atoms with Gasteiger partial charge in [-0.1, -0.05) is 117 Å². The lowest BCUT2D eigenvalue weighted by molar-refractivity contribution is 0.657. The normalized spacial score (nSPS) is 11.5. The van der Waals surface area contributed by atoms with E-state index in [1.54, 1.807) is 0 Å². The van der Waals surface area contributed by atoms with Gasteiger partial charge in [-0.3, -0.25) is 0 Å². The van der Waals surface area contributed by atoms with Crippen molar-refractivity contribution in [3.8, 4) is 0 Å². The average Bonchev–Trinajstić information content (AvgIpc) is 3.35. The summed E-state index contributed by atoms with van der Waals surface area (Å²) in [7, 11) is 0. The summed E-state index contributed by atoms with van der Waals surface area (Å²) in [5, 5.41) is 2.21. The van der Waals surface area contributed by atoms with Crippen LogP contribution in [0.1, 0.15) is 59.7 Å². The Kier molecular flexibility index (Phi) is 6.81. The molecule has 0 saturated heterocycles. The minimum Gasteiger partial charge on any atom is -0.147 e. The van der Waals surface area contributed by atoms with Gasteiger partial charge in [0.1, 0.15) is 0 Å². The molecule has 0 bridgehead atoms. The lowest BCUT2D eigenvalue weighted by atomic mass is 9.66. The van der Waals surface area contributed by atoms with Crippen molar-refractivity contribution in [1.29, 1.82) is 0 Å².